The van der Waals surface area contributed by atoms with Gasteiger partial charge in [0.25, 0.3) is 0 Å². The van der Waals surface area contributed by atoms with Crippen LogP contribution in [0.4, 0.5) is 19.5 Å². The van der Waals surface area contributed by atoms with Gasteiger partial charge < -0.3 is 20.1 Å². The summed E-state index contributed by atoms with van der Waals surface area (Å²) < 4.78 is 40.1. The van der Waals surface area contributed by atoms with Crippen LogP contribution < -0.4 is 10.5 Å². The number of hydrogen-bond donors (Lipinski definition) is 1. The van der Waals surface area contributed by atoms with E-state index in [0.29, 0.717) is 11.4 Å². The summed E-state index contributed by atoms with van der Waals surface area (Å²) in [5, 5.41) is 9.45. The normalized spacial score (nSPS) is 18.2. The van der Waals surface area contributed by atoms with Crippen molar-refractivity contribution in [3.63, 3.8) is 0 Å². The molecule has 164 valence electrons. The van der Waals surface area contributed by atoms with Crippen LogP contribution in [0, 0.1) is 11.3 Å². The Balaban J connectivity index is 1.75. The highest BCUT2D eigenvalue weighted by atomic mass is 19.3. The van der Waals surface area contributed by atoms with E-state index in [2.05, 4.69) is 15.0 Å². The smallest absolute Gasteiger partial charge is 0.410 e. The summed E-state index contributed by atoms with van der Waals surface area (Å²) >= 11 is 0. The molecule has 1 fully saturated rings. The van der Waals surface area contributed by atoms with Crippen LogP contribution >= 0.6 is 0 Å². The van der Waals surface area contributed by atoms with Crippen LogP contribution in [0.5, 0.6) is 5.75 Å². The monoisotopic (exact) mass is 432 g/mol. The third-order valence-corrected chi connectivity index (χ3v) is 4.38. The number of likely N-dealkylation sites (tertiary alicyclic amines) is 1. The van der Waals surface area contributed by atoms with Crippen molar-refractivity contribution in [2.45, 2.75) is 44.8 Å². The summed E-state index contributed by atoms with van der Waals surface area (Å²) in [6.07, 6.45) is 0.164. The van der Waals surface area contributed by atoms with Crippen molar-refractivity contribution in [1.29, 1.82) is 5.26 Å². The molecule has 11 heteroatoms. The van der Waals surface area contributed by atoms with Gasteiger partial charge in [-0.1, -0.05) is 0 Å². The van der Waals surface area contributed by atoms with Crippen LogP contribution in [0.25, 0.3) is 11.4 Å². The molecule has 0 aliphatic carbocycles. The van der Waals surface area contributed by atoms with Crippen molar-refractivity contribution in [3.8, 4) is 23.2 Å². The first-order chi connectivity index (χ1) is 14.5. The molecule has 1 aliphatic rings. The third kappa shape index (κ3) is 5.33. The van der Waals surface area contributed by atoms with Crippen molar-refractivity contribution in [2.75, 3.05) is 18.8 Å². The number of alkyl halides is 2. The second-order valence-corrected chi connectivity index (χ2v) is 8.04. The predicted molar refractivity (Wildman–Crippen MR) is 106 cm³/mol. The van der Waals surface area contributed by atoms with Gasteiger partial charge in [-0.3, -0.25) is 4.98 Å². The van der Waals surface area contributed by atoms with E-state index in [0.717, 1.165) is 4.90 Å². The number of amides is 1. The molecule has 0 spiro atoms. The molecule has 9 nitrogen and oxygen atoms in total. The van der Waals surface area contributed by atoms with Gasteiger partial charge in [-0.15, -0.1) is 0 Å². The van der Waals surface area contributed by atoms with Gasteiger partial charge in [0.05, 0.1) is 29.7 Å². The highest BCUT2D eigenvalue weighted by Crippen LogP contribution is 2.33. The van der Waals surface area contributed by atoms with Crippen LogP contribution in [0.15, 0.2) is 24.5 Å². The molecule has 2 aromatic heterocycles. The summed E-state index contributed by atoms with van der Waals surface area (Å²) in [6.45, 7) is 4.17. The number of hydrogen-bond acceptors (Lipinski definition) is 8. The summed E-state index contributed by atoms with van der Waals surface area (Å²) in [5.74, 6) is -3.39. The number of carbonyl (C=O) groups excluding carboxylic acids is 1. The largest absolute Gasteiger partial charge is 0.481 e. The molecule has 3 rings (SSSR count). The number of halogens is 2. The summed E-state index contributed by atoms with van der Waals surface area (Å²) in [5.41, 5.74) is 5.49. The molecule has 0 radical (unpaired) electrons. The number of nitrogen functional groups attached to an aromatic ring is 1. The number of nitriles is 1. The van der Waals surface area contributed by atoms with Gasteiger partial charge in [0, 0.05) is 19.2 Å². The molecular formula is C20H22F2N6O3. The zero-order valence-corrected chi connectivity index (χ0v) is 17.3. The number of carbonyl (C=O) groups is 1. The molecule has 1 unspecified atom stereocenters. The van der Waals surface area contributed by atoms with Gasteiger partial charge in [-0.25, -0.2) is 23.5 Å². The minimum atomic E-state index is -3.35. The number of aromatic nitrogens is 3. The Morgan fingerprint density at radius 1 is 1.35 bits per heavy atom. The molecule has 2 N–H and O–H groups in total. The maximum atomic E-state index is 14.7. The first kappa shape index (κ1) is 22.1. The van der Waals surface area contributed by atoms with E-state index in [1.807, 2.05) is 6.07 Å². The lowest BCUT2D eigenvalue weighted by atomic mass is 10.0. The summed E-state index contributed by atoms with van der Waals surface area (Å²) in [4.78, 5) is 25.0. The summed E-state index contributed by atoms with van der Waals surface area (Å²) in [6, 6.07) is 4.86. The lowest BCUT2D eigenvalue weighted by molar-refractivity contribution is -0.137. The Kier molecular flexibility index (Phi) is 5.92. The highest BCUT2D eigenvalue weighted by molar-refractivity contribution is 5.68. The molecular weight excluding hydrogens is 410 g/mol. The molecule has 0 bridgehead atoms. The second-order valence-electron chi connectivity index (χ2n) is 8.04. The van der Waals surface area contributed by atoms with Crippen LogP contribution in [0.3, 0.4) is 0 Å². The minimum absolute atomic E-state index is 0.0209. The van der Waals surface area contributed by atoms with E-state index in [-0.39, 0.29) is 30.2 Å². The van der Waals surface area contributed by atoms with Gasteiger partial charge in [0.2, 0.25) is 5.95 Å². The van der Waals surface area contributed by atoms with Crippen LogP contribution in [-0.4, -0.2) is 56.7 Å². The predicted octanol–water partition coefficient (Wildman–Crippen LogP) is 3.02. The molecule has 0 saturated carbocycles. The van der Waals surface area contributed by atoms with Crippen LogP contribution in [0.1, 0.15) is 32.8 Å². The Bertz CT molecular complexity index is 1020. The Morgan fingerprint density at radius 3 is 2.71 bits per heavy atom. The fourth-order valence-corrected chi connectivity index (χ4v) is 2.98. The van der Waals surface area contributed by atoms with Crippen molar-refractivity contribution in [3.05, 3.63) is 30.1 Å². The van der Waals surface area contributed by atoms with Gasteiger partial charge in [0.1, 0.15) is 11.7 Å². The van der Waals surface area contributed by atoms with Crippen LogP contribution in [-0.2, 0) is 4.74 Å². The Hall–Kier alpha value is -3.55. The van der Waals surface area contributed by atoms with Gasteiger partial charge >= 0.3 is 12.0 Å². The van der Waals surface area contributed by atoms with Crippen molar-refractivity contribution in [1.82, 2.24) is 19.9 Å². The molecule has 1 saturated heterocycles. The minimum Gasteiger partial charge on any atom is -0.481 e. The van der Waals surface area contributed by atoms with Gasteiger partial charge in [-0.05, 0) is 32.9 Å². The van der Waals surface area contributed by atoms with E-state index in [9.17, 15) is 18.8 Å². The molecule has 31 heavy (non-hydrogen) atoms. The molecule has 1 amide bonds. The molecule has 1 atom stereocenters. The average molecular weight is 432 g/mol. The fourth-order valence-electron chi connectivity index (χ4n) is 2.98. The maximum absolute atomic E-state index is 14.7. The number of ether oxygens (including phenoxy) is 2. The third-order valence-electron chi connectivity index (χ3n) is 4.38. The van der Waals surface area contributed by atoms with E-state index in [1.165, 1.54) is 18.5 Å². The topological polar surface area (TPSA) is 127 Å². The standard InChI is InChI=1S/C20H22F2N6O3/c1-19(2,3)31-18(29)28-7-5-16(20(21,22)11-28)30-15-10-26-14(8-12(15)9-23)13-4-6-25-17(24)27-13/h4,6,8,10,16H,5,7,11H2,1-3H3,(H2,24,25,27). The number of piperidine rings is 1. The number of nitrogens with two attached hydrogens (primary N) is 1. The van der Waals surface area contributed by atoms with E-state index < -0.39 is 30.3 Å². The SMILES string of the molecule is CC(C)(C)OC(=O)N1CCC(Oc2cnc(-c3ccnc(N)n3)cc2C#N)C(F)(F)C1. The Morgan fingerprint density at radius 2 is 2.10 bits per heavy atom. The first-order valence-corrected chi connectivity index (χ1v) is 9.50. The van der Waals surface area contributed by atoms with E-state index >= 15 is 0 Å². The number of rotatable bonds is 3. The maximum Gasteiger partial charge on any atom is 0.410 e. The van der Waals surface area contributed by atoms with Crippen molar-refractivity contribution in [2.24, 2.45) is 0 Å². The first-order valence-electron chi connectivity index (χ1n) is 9.50. The Labute approximate surface area is 177 Å². The van der Waals surface area contributed by atoms with Crippen LogP contribution in [0.2, 0.25) is 0 Å². The number of anilines is 1. The average Bonchev–Trinajstić information content (AvgIpc) is 2.68. The fraction of sp³-hybridized carbons (Fsp3) is 0.450. The lowest BCUT2D eigenvalue weighted by Crippen LogP contribution is -2.56. The van der Waals surface area contributed by atoms with E-state index in [1.54, 1.807) is 26.8 Å². The highest BCUT2D eigenvalue weighted by Gasteiger charge is 2.48. The molecule has 1 aliphatic heterocycles. The van der Waals surface area contributed by atoms with Crippen molar-refractivity contribution < 1.29 is 23.0 Å². The van der Waals surface area contributed by atoms with Gasteiger partial charge in [-0.2, -0.15) is 5.26 Å². The quantitative estimate of drug-likeness (QED) is 0.784. The van der Waals surface area contributed by atoms with E-state index in [4.69, 9.17) is 15.2 Å². The number of nitrogens with zero attached hydrogens (tertiary/aromatic N) is 5. The molecule has 2 aromatic rings. The molecule has 0 aromatic carbocycles. The van der Waals surface area contributed by atoms with Crippen molar-refractivity contribution >= 4 is 12.0 Å². The zero-order valence-electron chi connectivity index (χ0n) is 17.3. The zero-order chi connectivity index (χ0) is 22.8. The summed E-state index contributed by atoms with van der Waals surface area (Å²) in [7, 11) is 0. The molecule has 3 heterocycles. The van der Waals surface area contributed by atoms with Gasteiger partial charge in [0.15, 0.2) is 11.9 Å². The number of pyridine rings is 1. The lowest BCUT2D eigenvalue weighted by Gasteiger charge is -2.38. The second kappa shape index (κ2) is 8.29.